The molecule has 0 spiro atoms. The fourth-order valence-electron chi connectivity index (χ4n) is 2.83. The number of carbonyl (C=O) groups excluding carboxylic acids is 1. The van der Waals surface area contributed by atoms with Crippen molar-refractivity contribution in [3.8, 4) is 17.1 Å². The molecule has 32 heavy (non-hydrogen) atoms. The molecule has 1 aromatic heterocycles. The molecular formula is C21H20F4N4O3. The number of nitrogens with one attached hydrogen (secondary N) is 1. The Morgan fingerprint density at radius 1 is 1.28 bits per heavy atom. The Bertz CT molecular complexity index is 1140. The summed E-state index contributed by atoms with van der Waals surface area (Å²) in [4.78, 5) is 16.8. The van der Waals surface area contributed by atoms with Gasteiger partial charge in [-0.15, -0.1) is 0 Å². The van der Waals surface area contributed by atoms with Gasteiger partial charge in [0.2, 0.25) is 0 Å². The lowest BCUT2D eigenvalue weighted by molar-refractivity contribution is -0.189. The molecular weight excluding hydrogens is 432 g/mol. The first-order valence-corrected chi connectivity index (χ1v) is 9.46. The molecule has 0 radical (unpaired) electrons. The molecule has 0 bridgehead atoms. The summed E-state index contributed by atoms with van der Waals surface area (Å²) in [5.74, 6) is -2.34. The Morgan fingerprint density at radius 2 is 1.97 bits per heavy atom. The van der Waals surface area contributed by atoms with Crippen LogP contribution in [0.3, 0.4) is 0 Å². The van der Waals surface area contributed by atoms with Crippen LogP contribution in [-0.2, 0) is 13.7 Å². The van der Waals surface area contributed by atoms with E-state index in [0.717, 1.165) is 19.1 Å². The van der Waals surface area contributed by atoms with Crippen molar-refractivity contribution >= 4 is 11.6 Å². The lowest BCUT2D eigenvalue weighted by Gasteiger charge is -2.20. The van der Waals surface area contributed by atoms with E-state index in [0.29, 0.717) is 11.3 Å². The highest BCUT2D eigenvalue weighted by atomic mass is 19.4. The van der Waals surface area contributed by atoms with Gasteiger partial charge in [0.05, 0.1) is 11.1 Å². The van der Waals surface area contributed by atoms with Gasteiger partial charge in [-0.05, 0) is 37.6 Å². The monoisotopic (exact) mass is 452 g/mol. The fraction of sp³-hybridized carbons (Fsp3) is 0.286. The maximum Gasteiger partial charge on any atom is 0.425 e. The first-order valence-electron chi connectivity index (χ1n) is 9.46. The van der Waals surface area contributed by atoms with Crippen LogP contribution in [0, 0.1) is 12.7 Å². The number of aliphatic hydroxyl groups excluding tert-OH is 1. The maximum atomic E-state index is 14.9. The summed E-state index contributed by atoms with van der Waals surface area (Å²) in [6.07, 6.45) is -6.98. The summed E-state index contributed by atoms with van der Waals surface area (Å²) in [5, 5.41) is 15.8. The Labute approximate surface area is 180 Å². The van der Waals surface area contributed by atoms with Crippen molar-refractivity contribution in [1.29, 1.82) is 0 Å². The number of anilines is 1. The molecule has 0 saturated carbocycles. The van der Waals surface area contributed by atoms with Crippen molar-refractivity contribution in [3.63, 3.8) is 0 Å². The molecule has 7 nitrogen and oxygen atoms in total. The molecule has 1 amide bonds. The van der Waals surface area contributed by atoms with Crippen LogP contribution >= 0.6 is 0 Å². The third-order valence-corrected chi connectivity index (χ3v) is 4.71. The molecule has 2 N–H and O–H groups in total. The van der Waals surface area contributed by atoms with Gasteiger partial charge in [0.1, 0.15) is 18.2 Å². The number of alkyl halides is 3. The largest absolute Gasteiger partial charge is 0.480 e. The molecule has 0 unspecified atom stereocenters. The third-order valence-electron chi connectivity index (χ3n) is 4.71. The topological polar surface area (TPSA) is 89.3 Å². The third kappa shape index (κ3) is 4.88. The molecule has 0 aliphatic rings. The van der Waals surface area contributed by atoms with Gasteiger partial charge in [0.25, 0.3) is 5.91 Å². The van der Waals surface area contributed by atoms with Crippen molar-refractivity contribution in [3.05, 3.63) is 59.2 Å². The first-order chi connectivity index (χ1) is 15.0. The lowest BCUT2D eigenvalue weighted by atomic mass is 10.1. The number of nitrogens with zero attached hydrogens (tertiary/aromatic N) is 3. The quantitative estimate of drug-likeness (QED) is 0.552. The van der Waals surface area contributed by atoms with Crippen molar-refractivity contribution in [2.75, 3.05) is 5.32 Å². The zero-order valence-electron chi connectivity index (χ0n) is 17.4. The molecule has 11 heteroatoms. The van der Waals surface area contributed by atoms with E-state index in [1.165, 1.54) is 11.7 Å². The van der Waals surface area contributed by atoms with Gasteiger partial charge in [-0.2, -0.15) is 18.3 Å². The zero-order chi connectivity index (χ0) is 23.6. The Balaban J connectivity index is 2.07. The second-order valence-corrected chi connectivity index (χ2v) is 7.03. The minimum Gasteiger partial charge on any atom is -0.480 e. The summed E-state index contributed by atoms with van der Waals surface area (Å²) in [7, 11) is 1.47. The number of ether oxygens (including phenoxy) is 1. The van der Waals surface area contributed by atoms with Crippen molar-refractivity contribution in [2.24, 2.45) is 7.05 Å². The zero-order valence-corrected chi connectivity index (χ0v) is 17.4. The number of aryl methyl sites for hydroxylation is 2. The molecule has 3 rings (SSSR count). The number of aromatic nitrogens is 3. The summed E-state index contributed by atoms with van der Waals surface area (Å²) in [5.41, 5.74) is 0.412. The van der Waals surface area contributed by atoms with Gasteiger partial charge < -0.3 is 15.2 Å². The van der Waals surface area contributed by atoms with Crippen molar-refractivity contribution in [2.45, 2.75) is 32.7 Å². The van der Waals surface area contributed by atoms with Gasteiger partial charge in [-0.1, -0.05) is 18.2 Å². The van der Waals surface area contributed by atoms with Gasteiger partial charge in [-0.3, -0.25) is 9.48 Å². The van der Waals surface area contributed by atoms with Crippen LogP contribution in [0.15, 0.2) is 36.4 Å². The summed E-state index contributed by atoms with van der Waals surface area (Å²) in [6.45, 7) is 2.03. The number of rotatable bonds is 6. The first kappa shape index (κ1) is 23.2. The smallest absolute Gasteiger partial charge is 0.425 e. The van der Waals surface area contributed by atoms with E-state index in [-0.39, 0.29) is 17.2 Å². The second kappa shape index (κ2) is 8.95. The number of hydrogen-bond donors (Lipinski definition) is 2. The van der Waals surface area contributed by atoms with Crippen LogP contribution in [-0.4, -0.2) is 38.1 Å². The van der Waals surface area contributed by atoms with Gasteiger partial charge in [-0.25, -0.2) is 9.37 Å². The number of carbonyl (C=O) groups is 1. The van der Waals surface area contributed by atoms with E-state index in [2.05, 4.69) is 15.4 Å². The minimum absolute atomic E-state index is 0.118. The van der Waals surface area contributed by atoms with Crippen LogP contribution in [0.25, 0.3) is 11.4 Å². The van der Waals surface area contributed by atoms with Crippen LogP contribution < -0.4 is 10.1 Å². The Kier molecular flexibility index (Phi) is 6.49. The van der Waals surface area contributed by atoms with E-state index in [4.69, 9.17) is 4.74 Å². The van der Waals surface area contributed by atoms with Crippen molar-refractivity contribution < 1.29 is 32.2 Å². The van der Waals surface area contributed by atoms with Gasteiger partial charge in [0, 0.05) is 12.7 Å². The molecule has 1 atom stereocenters. The highest BCUT2D eigenvalue weighted by molar-refractivity contribution is 6.07. The van der Waals surface area contributed by atoms with Crippen LogP contribution in [0.4, 0.5) is 23.2 Å². The summed E-state index contributed by atoms with van der Waals surface area (Å²) in [6, 6.07) is 8.47. The van der Waals surface area contributed by atoms with E-state index in [1.54, 1.807) is 31.2 Å². The van der Waals surface area contributed by atoms with E-state index in [9.17, 15) is 27.5 Å². The predicted octanol–water partition coefficient (Wildman–Crippen LogP) is 4.00. The van der Waals surface area contributed by atoms with Gasteiger partial charge in [0.15, 0.2) is 17.8 Å². The molecule has 2 aromatic carbocycles. The predicted molar refractivity (Wildman–Crippen MR) is 108 cm³/mol. The highest BCUT2D eigenvalue weighted by Crippen LogP contribution is 2.33. The number of aliphatic hydroxyl groups is 1. The summed E-state index contributed by atoms with van der Waals surface area (Å²) >= 11 is 0. The van der Waals surface area contributed by atoms with Crippen LogP contribution in [0.1, 0.15) is 28.7 Å². The molecule has 170 valence electrons. The molecule has 3 aromatic rings. The fourth-order valence-corrected chi connectivity index (χ4v) is 2.83. The molecule has 0 fully saturated rings. The van der Waals surface area contributed by atoms with E-state index in [1.807, 2.05) is 0 Å². The van der Waals surface area contributed by atoms with E-state index < -0.39 is 41.9 Å². The normalized spacial score (nSPS) is 12.5. The van der Waals surface area contributed by atoms with Crippen LogP contribution in [0.2, 0.25) is 0 Å². The SMILES string of the molecule is Cc1ccccc1NC(=O)c1cc(F)c(-c2nc(CO)n(C)n2)cc1O[C@@H](C)C(F)(F)F. The highest BCUT2D eigenvalue weighted by Gasteiger charge is 2.39. The Hall–Kier alpha value is -3.47. The molecule has 1 heterocycles. The number of hydrogen-bond acceptors (Lipinski definition) is 5. The standard InChI is InChI=1S/C21H20F4N4O3/c1-11-6-4-5-7-16(11)26-20(31)14-8-15(22)13(19-27-18(10-30)29(3)28-19)9-17(14)32-12(2)21(23,24)25/h4-9,12,30H,10H2,1-3H3,(H,26,31)/t12-/m0/s1. The van der Waals surface area contributed by atoms with E-state index >= 15 is 0 Å². The number of para-hydroxylation sites is 1. The minimum atomic E-state index is -4.72. The molecule has 0 saturated heterocycles. The summed E-state index contributed by atoms with van der Waals surface area (Å²) < 4.78 is 60.5. The van der Waals surface area contributed by atoms with Gasteiger partial charge >= 0.3 is 6.18 Å². The Morgan fingerprint density at radius 3 is 2.56 bits per heavy atom. The second-order valence-electron chi connectivity index (χ2n) is 7.03. The van der Waals surface area contributed by atoms with Crippen molar-refractivity contribution in [1.82, 2.24) is 14.8 Å². The number of halogens is 4. The average Bonchev–Trinajstić information content (AvgIpc) is 3.10. The number of benzene rings is 2. The lowest BCUT2D eigenvalue weighted by Crippen LogP contribution is -2.32. The average molecular weight is 452 g/mol. The maximum absolute atomic E-state index is 14.9. The number of amides is 1. The molecule has 0 aliphatic carbocycles. The molecule has 0 aliphatic heterocycles. The van der Waals surface area contributed by atoms with Crippen LogP contribution in [0.5, 0.6) is 5.75 Å².